The molecule has 4 nitrogen and oxygen atoms in total. The van der Waals surface area contributed by atoms with E-state index in [0.29, 0.717) is 23.2 Å². The monoisotopic (exact) mass is 586 g/mol. The third-order valence-electron chi connectivity index (χ3n) is 6.98. The Labute approximate surface area is 209 Å². The van der Waals surface area contributed by atoms with E-state index in [1.54, 1.807) is 7.11 Å². The van der Waals surface area contributed by atoms with Crippen LogP contribution in [0.4, 0.5) is 0 Å². The maximum absolute atomic E-state index is 6.93. The van der Waals surface area contributed by atoms with Gasteiger partial charge >= 0.3 is 0 Å². The van der Waals surface area contributed by atoms with E-state index in [9.17, 15) is 0 Å². The minimum atomic E-state index is -1.99. The van der Waals surface area contributed by atoms with Gasteiger partial charge in [0.25, 0.3) is 0 Å². The molecule has 31 heavy (non-hydrogen) atoms. The summed E-state index contributed by atoms with van der Waals surface area (Å²) in [6.45, 7) is 26.3. The van der Waals surface area contributed by atoms with Gasteiger partial charge in [0.05, 0.1) is 12.7 Å². The summed E-state index contributed by atoms with van der Waals surface area (Å²) in [7, 11) is -2.27. The summed E-state index contributed by atoms with van der Waals surface area (Å²) in [5.74, 6) is 0. The lowest BCUT2D eigenvalue weighted by molar-refractivity contribution is -0.123. The summed E-state index contributed by atoms with van der Waals surface area (Å²) in [5.41, 5.74) is 1.62. The summed E-state index contributed by atoms with van der Waals surface area (Å²) >= 11 is 2.28. The van der Waals surface area contributed by atoms with Gasteiger partial charge in [-0.1, -0.05) is 91.0 Å². The minimum Gasteiger partial charge on any atom is -0.413 e. The van der Waals surface area contributed by atoms with E-state index in [0.717, 1.165) is 12.8 Å². The van der Waals surface area contributed by atoms with Crippen molar-refractivity contribution in [3.63, 3.8) is 0 Å². The van der Waals surface area contributed by atoms with E-state index in [1.807, 2.05) is 0 Å². The smallest absolute Gasteiger partial charge is 0.200 e. The van der Waals surface area contributed by atoms with E-state index in [2.05, 4.69) is 108 Å². The van der Waals surface area contributed by atoms with Gasteiger partial charge in [-0.05, 0) is 51.7 Å². The second kappa shape index (κ2) is 14.2. The van der Waals surface area contributed by atoms with Crippen LogP contribution in [0.2, 0.25) is 34.8 Å². The molecule has 7 heteroatoms. The Morgan fingerprint density at radius 1 is 0.903 bits per heavy atom. The van der Waals surface area contributed by atoms with Gasteiger partial charge in [0, 0.05) is 7.11 Å². The molecule has 0 spiro atoms. The van der Waals surface area contributed by atoms with Crippen LogP contribution in [0.15, 0.2) is 10.2 Å². The molecule has 0 aliphatic carbocycles. The van der Waals surface area contributed by atoms with Gasteiger partial charge in [-0.15, -0.1) is 0 Å². The predicted octanol–water partition coefficient (Wildman–Crippen LogP) is 8.29. The van der Waals surface area contributed by atoms with Crippen molar-refractivity contribution in [3.05, 3.63) is 10.2 Å². The molecule has 0 amide bonds. The zero-order chi connectivity index (χ0) is 24.5. The van der Waals surface area contributed by atoms with E-state index >= 15 is 0 Å². The number of halogens is 1. The summed E-state index contributed by atoms with van der Waals surface area (Å²) in [6, 6.07) is 0. The first-order valence-electron chi connectivity index (χ1n) is 11.8. The van der Waals surface area contributed by atoms with Crippen molar-refractivity contribution in [1.29, 1.82) is 0 Å². The molecular formula is C24H51IO4Si2. The van der Waals surface area contributed by atoms with Crippen LogP contribution in [0.5, 0.6) is 0 Å². The molecule has 0 bridgehead atoms. The van der Waals surface area contributed by atoms with Crippen LogP contribution >= 0.6 is 22.6 Å². The Hall–Kier alpha value is 0.744. The zero-order valence-corrected chi connectivity index (χ0v) is 26.5. The Balaban J connectivity index is 5.88. The van der Waals surface area contributed by atoms with Crippen molar-refractivity contribution in [3.8, 4) is 0 Å². The molecule has 0 heterocycles. The molecule has 0 aromatic heterocycles. The number of allylic oxidation sites excluding steroid dienone is 1. The van der Waals surface area contributed by atoms with E-state index in [1.165, 1.54) is 0 Å². The van der Waals surface area contributed by atoms with Gasteiger partial charge in [0.1, 0.15) is 12.9 Å². The Morgan fingerprint density at radius 3 is 1.81 bits per heavy atom. The third-order valence-corrected chi connectivity index (χ3v) is 18.1. The Bertz CT molecular complexity index is 494. The normalized spacial score (nSPS) is 16.1. The molecule has 0 aromatic rings. The molecule has 0 N–H and O–H groups in total. The summed E-state index contributed by atoms with van der Waals surface area (Å²) < 4.78 is 27.4. The van der Waals surface area contributed by atoms with Crippen molar-refractivity contribution in [2.24, 2.45) is 0 Å². The van der Waals surface area contributed by atoms with Gasteiger partial charge in [0.15, 0.2) is 16.6 Å². The molecule has 0 fully saturated rings. The molecule has 0 aromatic carbocycles. The van der Waals surface area contributed by atoms with Crippen LogP contribution in [0.25, 0.3) is 0 Å². The van der Waals surface area contributed by atoms with Crippen LogP contribution < -0.4 is 0 Å². The number of rotatable bonds is 15. The number of hydrogen-bond donors (Lipinski definition) is 0. The van der Waals surface area contributed by atoms with Gasteiger partial charge in [-0.2, -0.15) is 0 Å². The zero-order valence-electron chi connectivity index (χ0n) is 22.4. The van der Waals surface area contributed by atoms with Crippen molar-refractivity contribution >= 4 is 39.2 Å². The van der Waals surface area contributed by atoms with Crippen molar-refractivity contribution < 1.29 is 18.3 Å². The molecule has 0 aliphatic rings. The topological polar surface area (TPSA) is 36.9 Å². The molecule has 2 atom stereocenters. The lowest BCUT2D eigenvalue weighted by Gasteiger charge is -2.45. The van der Waals surface area contributed by atoms with Gasteiger partial charge < -0.3 is 18.3 Å². The highest BCUT2D eigenvalue weighted by atomic mass is 127. The number of methoxy groups -OCH3 is 1. The average molecular weight is 587 g/mol. The SMILES string of the molecule is COCO[C@H](CO[Si](C(C)C)(C(C)C)C(C)C)[C@@H](CCC=CI)O[Si](C)(C)C(C)(C)C. The highest BCUT2D eigenvalue weighted by molar-refractivity contribution is 14.1. The van der Waals surface area contributed by atoms with Crippen LogP contribution in [0, 0.1) is 0 Å². The molecule has 0 unspecified atom stereocenters. The fourth-order valence-corrected chi connectivity index (χ4v) is 11.5. The first kappa shape index (κ1) is 31.7. The Kier molecular flexibility index (Phi) is 14.6. The second-order valence-electron chi connectivity index (χ2n) is 11.1. The maximum atomic E-state index is 6.93. The minimum absolute atomic E-state index is 0.0122. The molecule has 0 saturated heterocycles. The number of hydrogen-bond acceptors (Lipinski definition) is 4. The van der Waals surface area contributed by atoms with E-state index < -0.39 is 16.6 Å². The van der Waals surface area contributed by atoms with Crippen LogP contribution in [-0.2, 0) is 18.3 Å². The van der Waals surface area contributed by atoms with Crippen molar-refractivity contribution in [2.75, 3.05) is 20.5 Å². The highest BCUT2D eigenvalue weighted by Gasteiger charge is 2.46. The summed E-state index contributed by atoms with van der Waals surface area (Å²) in [5, 5.41) is 0.142. The van der Waals surface area contributed by atoms with Crippen LogP contribution in [-0.4, -0.2) is 49.4 Å². The molecule has 0 rings (SSSR count). The number of ether oxygens (including phenoxy) is 2. The summed E-state index contributed by atoms with van der Waals surface area (Å²) in [4.78, 5) is 0. The van der Waals surface area contributed by atoms with Gasteiger partial charge in [-0.25, -0.2) is 0 Å². The van der Waals surface area contributed by atoms with Gasteiger partial charge in [-0.3, -0.25) is 0 Å². The summed E-state index contributed by atoms with van der Waals surface area (Å²) in [6.07, 6.45) is 3.94. The average Bonchev–Trinajstić information content (AvgIpc) is 2.62. The third kappa shape index (κ3) is 9.49. The van der Waals surface area contributed by atoms with E-state index in [-0.39, 0.29) is 24.0 Å². The molecule has 0 saturated carbocycles. The first-order chi connectivity index (χ1) is 14.2. The fourth-order valence-electron chi connectivity index (χ4n) is 4.34. The molecule has 0 aliphatic heterocycles. The lowest BCUT2D eigenvalue weighted by Crippen LogP contribution is -2.52. The van der Waals surface area contributed by atoms with Crippen molar-refractivity contribution in [1.82, 2.24) is 0 Å². The largest absolute Gasteiger partial charge is 0.413 e. The molecule has 186 valence electrons. The molecule has 0 radical (unpaired) electrons. The molecular weight excluding hydrogens is 535 g/mol. The van der Waals surface area contributed by atoms with Crippen LogP contribution in [0.3, 0.4) is 0 Å². The second-order valence-corrected chi connectivity index (χ2v) is 22.0. The lowest BCUT2D eigenvalue weighted by atomic mass is 10.1. The van der Waals surface area contributed by atoms with Crippen LogP contribution in [0.1, 0.15) is 75.2 Å². The van der Waals surface area contributed by atoms with E-state index in [4.69, 9.17) is 18.3 Å². The maximum Gasteiger partial charge on any atom is 0.200 e. The Morgan fingerprint density at radius 2 is 1.42 bits per heavy atom. The van der Waals surface area contributed by atoms with Crippen molar-refractivity contribution in [2.45, 2.75) is 122 Å². The quantitative estimate of drug-likeness (QED) is 0.110. The highest BCUT2D eigenvalue weighted by Crippen LogP contribution is 2.43. The predicted molar refractivity (Wildman–Crippen MR) is 148 cm³/mol. The van der Waals surface area contributed by atoms with Gasteiger partial charge in [0.2, 0.25) is 0 Å². The standard InChI is InChI=1S/C24H51IO4Si2/c1-19(2)31(20(3)4,21(5)6)28-17-23(27-18-26-10)22(15-13-14-16-25)29-30(11,12)24(7,8)9/h14,16,19-23H,13,15,17-18H2,1-12H3/t22-,23-/m1/s1. The first-order valence-corrected chi connectivity index (χ1v) is 18.1. The fraction of sp³-hybridized carbons (Fsp3) is 0.917.